The summed E-state index contributed by atoms with van der Waals surface area (Å²) in [6.45, 7) is 4.19. The molecule has 122 valence electrons. The fraction of sp³-hybridized carbons (Fsp3) is 0.533. The molecule has 4 nitrogen and oxygen atoms in total. The van der Waals surface area contributed by atoms with Crippen molar-refractivity contribution in [1.82, 2.24) is 0 Å². The molecule has 22 heavy (non-hydrogen) atoms. The van der Waals surface area contributed by atoms with E-state index < -0.39 is 20.5 Å². The first-order valence-corrected chi connectivity index (χ1v) is 9.66. The van der Waals surface area contributed by atoms with E-state index in [1.165, 1.54) is 0 Å². The summed E-state index contributed by atoms with van der Waals surface area (Å²) in [5.41, 5.74) is 5.98. The van der Waals surface area contributed by atoms with Crippen LogP contribution in [0.1, 0.15) is 25.3 Å². The number of sulfone groups is 1. The van der Waals surface area contributed by atoms with E-state index in [-0.39, 0.29) is 23.3 Å². The van der Waals surface area contributed by atoms with Crippen molar-refractivity contribution in [3.63, 3.8) is 0 Å². The average molecular weight is 362 g/mol. The molecule has 3 atom stereocenters. The molecule has 0 amide bonds. The van der Waals surface area contributed by atoms with Crippen molar-refractivity contribution in [2.24, 2.45) is 11.1 Å². The van der Waals surface area contributed by atoms with Gasteiger partial charge >= 0.3 is 0 Å². The number of rotatable bonds is 7. The Balaban J connectivity index is 2.48. The Morgan fingerprint density at radius 2 is 1.95 bits per heavy atom. The first-order valence-electron chi connectivity index (χ1n) is 7.16. The molecule has 0 spiro atoms. The normalized spacial score (nSPS) is 27.6. The van der Waals surface area contributed by atoms with Crippen molar-refractivity contribution in [2.45, 2.75) is 25.0 Å². The zero-order chi connectivity index (χ0) is 16.5. The fourth-order valence-electron chi connectivity index (χ4n) is 3.06. The zero-order valence-electron chi connectivity index (χ0n) is 12.6. The highest BCUT2D eigenvalue weighted by molar-refractivity contribution is 7.92. The predicted octanol–water partition coefficient (Wildman–Crippen LogP) is 2.55. The smallest absolute Gasteiger partial charge is 0.154 e. The third kappa shape index (κ3) is 2.89. The second-order valence-electron chi connectivity index (χ2n) is 5.44. The van der Waals surface area contributed by atoms with Gasteiger partial charge in [0.05, 0.1) is 22.3 Å². The van der Waals surface area contributed by atoms with Crippen molar-refractivity contribution < 1.29 is 13.2 Å². The van der Waals surface area contributed by atoms with Crippen LogP contribution in [0.15, 0.2) is 24.3 Å². The topological polar surface area (TPSA) is 69.4 Å². The Hall–Kier alpha value is -0.690. The summed E-state index contributed by atoms with van der Waals surface area (Å²) >= 11 is 11.1. The first kappa shape index (κ1) is 17.7. The largest absolute Gasteiger partial charge is 0.393 e. The van der Waals surface area contributed by atoms with E-state index in [0.717, 1.165) is 5.56 Å². The van der Waals surface area contributed by atoms with Crippen LogP contribution >= 0.6 is 23.8 Å². The number of benzene rings is 1. The second kappa shape index (κ2) is 6.43. The molecule has 0 radical (unpaired) electrons. The molecule has 0 aromatic heterocycles. The van der Waals surface area contributed by atoms with Gasteiger partial charge in [-0.2, -0.15) is 0 Å². The Morgan fingerprint density at radius 3 is 2.41 bits per heavy atom. The Morgan fingerprint density at radius 1 is 1.36 bits per heavy atom. The maximum absolute atomic E-state index is 12.5. The van der Waals surface area contributed by atoms with Gasteiger partial charge in [-0.15, -0.1) is 0 Å². The molecule has 0 bridgehead atoms. The van der Waals surface area contributed by atoms with Crippen LogP contribution in [0.25, 0.3) is 0 Å². The van der Waals surface area contributed by atoms with Gasteiger partial charge in [-0.3, -0.25) is 0 Å². The van der Waals surface area contributed by atoms with Gasteiger partial charge in [0, 0.05) is 23.3 Å². The van der Waals surface area contributed by atoms with Crippen LogP contribution in [-0.2, 0) is 14.6 Å². The molecule has 0 unspecified atom stereocenters. The van der Waals surface area contributed by atoms with Crippen molar-refractivity contribution in [1.29, 1.82) is 0 Å². The van der Waals surface area contributed by atoms with Gasteiger partial charge in [-0.1, -0.05) is 42.9 Å². The van der Waals surface area contributed by atoms with E-state index in [0.29, 0.717) is 11.6 Å². The van der Waals surface area contributed by atoms with Crippen LogP contribution in [0, 0.1) is 5.41 Å². The van der Waals surface area contributed by atoms with Crippen LogP contribution in [0.2, 0.25) is 5.02 Å². The number of halogens is 1. The van der Waals surface area contributed by atoms with E-state index in [1.54, 1.807) is 19.1 Å². The van der Waals surface area contributed by atoms with E-state index in [1.807, 2.05) is 19.1 Å². The number of nitrogens with two attached hydrogens (primary N) is 1. The lowest BCUT2D eigenvalue weighted by molar-refractivity contribution is 0.121. The van der Waals surface area contributed by atoms with Gasteiger partial charge in [-0.25, -0.2) is 8.42 Å². The van der Waals surface area contributed by atoms with E-state index in [2.05, 4.69) is 0 Å². The molecule has 1 saturated carbocycles. The van der Waals surface area contributed by atoms with Crippen molar-refractivity contribution in [2.75, 3.05) is 19.0 Å². The van der Waals surface area contributed by atoms with Crippen LogP contribution in [0.3, 0.4) is 0 Å². The predicted molar refractivity (Wildman–Crippen MR) is 93.2 cm³/mol. The molecule has 7 heteroatoms. The lowest BCUT2D eigenvalue weighted by Crippen LogP contribution is -2.34. The number of hydrogen-bond acceptors (Lipinski definition) is 4. The number of ether oxygens (including phenoxy) is 1. The van der Waals surface area contributed by atoms with Gasteiger partial charge in [-0.05, 0) is 24.6 Å². The molecular weight excluding hydrogens is 342 g/mol. The van der Waals surface area contributed by atoms with E-state index in [4.69, 9.17) is 34.3 Å². The summed E-state index contributed by atoms with van der Waals surface area (Å²) < 4.78 is 30.5. The standard InChI is InChI=1S/C15H20ClNO3S2/c1-3-20-9-15(14(17)21)12(13(15)22(18,19)4-2)10-5-7-11(16)8-6-10/h5-8,12-13H,3-4,9H2,1-2H3,(H2,17,21)/t12-,13-,15+/m1/s1. The molecule has 0 saturated heterocycles. The summed E-state index contributed by atoms with van der Waals surface area (Å²) in [5, 5.41) is -0.0275. The number of thiocarbonyl (C=S) groups is 1. The average Bonchev–Trinajstić information content (AvgIpc) is 3.17. The molecule has 2 N–H and O–H groups in total. The second-order valence-corrected chi connectivity index (χ2v) is 8.73. The monoisotopic (exact) mass is 361 g/mol. The van der Waals surface area contributed by atoms with Crippen molar-refractivity contribution in [3.8, 4) is 0 Å². The quantitative estimate of drug-likeness (QED) is 0.756. The summed E-state index contributed by atoms with van der Waals surface area (Å²) in [4.78, 5) is 0.197. The minimum atomic E-state index is -3.30. The minimum absolute atomic E-state index is 0.0538. The van der Waals surface area contributed by atoms with Gasteiger partial charge in [0.25, 0.3) is 0 Å². The zero-order valence-corrected chi connectivity index (χ0v) is 15.0. The highest BCUT2D eigenvalue weighted by atomic mass is 35.5. The molecule has 1 aromatic carbocycles. The molecule has 2 rings (SSSR count). The van der Waals surface area contributed by atoms with Crippen LogP contribution < -0.4 is 5.73 Å². The van der Waals surface area contributed by atoms with Crippen LogP contribution in [0.4, 0.5) is 0 Å². The number of hydrogen-bond donors (Lipinski definition) is 1. The van der Waals surface area contributed by atoms with Crippen molar-refractivity contribution >= 4 is 38.6 Å². The molecular formula is C15H20ClNO3S2. The van der Waals surface area contributed by atoms with E-state index in [9.17, 15) is 8.42 Å². The lowest BCUT2D eigenvalue weighted by Gasteiger charge is -2.16. The molecule has 1 fully saturated rings. The molecule has 0 heterocycles. The molecule has 0 aliphatic heterocycles. The maximum atomic E-state index is 12.5. The van der Waals surface area contributed by atoms with Crippen LogP contribution in [-0.4, -0.2) is 37.6 Å². The van der Waals surface area contributed by atoms with Gasteiger partial charge < -0.3 is 10.5 Å². The SMILES string of the molecule is CCOC[C@]1(C(N)=S)[C@H](c2ccc(Cl)cc2)[C@H]1S(=O)(=O)CC. The summed E-state index contributed by atoms with van der Waals surface area (Å²) in [6.07, 6.45) is 0. The molecule has 1 aromatic rings. The summed E-state index contributed by atoms with van der Waals surface area (Å²) in [7, 11) is -3.30. The maximum Gasteiger partial charge on any atom is 0.154 e. The van der Waals surface area contributed by atoms with Crippen molar-refractivity contribution in [3.05, 3.63) is 34.9 Å². The third-order valence-corrected chi connectivity index (χ3v) is 7.18. The summed E-state index contributed by atoms with van der Waals surface area (Å²) in [6, 6.07) is 7.15. The fourth-order valence-corrected chi connectivity index (χ4v) is 5.65. The molecule has 1 aliphatic carbocycles. The van der Waals surface area contributed by atoms with Gasteiger partial charge in [0.1, 0.15) is 0 Å². The van der Waals surface area contributed by atoms with Crippen LogP contribution in [0.5, 0.6) is 0 Å². The Labute approximate surface area is 141 Å². The summed E-state index contributed by atoms with van der Waals surface area (Å²) in [5.74, 6) is -0.225. The Kier molecular flexibility index (Phi) is 5.16. The lowest BCUT2D eigenvalue weighted by atomic mass is 10.00. The first-order chi connectivity index (χ1) is 10.3. The van der Waals surface area contributed by atoms with Gasteiger partial charge in [0.2, 0.25) is 0 Å². The minimum Gasteiger partial charge on any atom is -0.393 e. The van der Waals surface area contributed by atoms with E-state index >= 15 is 0 Å². The highest BCUT2D eigenvalue weighted by Gasteiger charge is 2.72. The Bertz CT molecular complexity index is 660. The molecule has 1 aliphatic rings. The van der Waals surface area contributed by atoms with Gasteiger partial charge in [0.15, 0.2) is 9.84 Å². The highest BCUT2D eigenvalue weighted by Crippen LogP contribution is 2.63. The third-order valence-electron chi connectivity index (χ3n) is 4.28.